The highest BCUT2D eigenvalue weighted by Crippen LogP contribution is 2.32. The summed E-state index contributed by atoms with van der Waals surface area (Å²) in [6.45, 7) is 2.76. The van der Waals surface area contributed by atoms with Crippen LogP contribution < -0.4 is 5.32 Å². The summed E-state index contributed by atoms with van der Waals surface area (Å²) < 4.78 is 19.0. The van der Waals surface area contributed by atoms with Crippen molar-refractivity contribution >= 4 is 5.82 Å². The fourth-order valence-electron chi connectivity index (χ4n) is 2.55. The van der Waals surface area contributed by atoms with E-state index >= 15 is 0 Å². The maximum Gasteiger partial charge on any atom is 0.179 e. The molecule has 1 saturated heterocycles. The number of aromatic amines is 1. The zero-order valence-electron chi connectivity index (χ0n) is 12.2. The molecule has 7 nitrogen and oxygen atoms in total. The number of aromatic nitrogens is 4. The van der Waals surface area contributed by atoms with E-state index in [2.05, 4.69) is 25.5 Å². The zero-order chi connectivity index (χ0) is 15.5. The molecule has 0 spiro atoms. The van der Waals surface area contributed by atoms with Crippen LogP contribution in [0.3, 0.4) is 0 Å². The molecule has 2 aromatic heterocycles. The molecule has 1 aliphatic rings. The van der Waals surface area contributed by atoms with Crippen LogP contribution in [0.4, 0.5) is 10.2 Å². The zero-order valence-corrected chi connectivity index (χ0v) is 12.2. The number of halogens is 1. The molecule has 0 bridgehead atoms. The third-order valence-corrected chi connectivity index (χ3v) is 3.73. The number of aliphatic hydroxyl groups excluding tert-OH is 1. The van der Waals surface area contributed by atoms with Crippen LogP contribution in [0.5, 0.6) is 0 Å². The summed E-state index contributed by atoms with van der Waals surface area (Å²) in [4.78, 5) is 8.29. The van der Waals surface area contributed by atoms with Gasteiger partial charge in [0.05, 0.1) is 12.8 Å². The summed E-state index contributed by atoms with van der Waals surface area (Å²) in [6, 6.07) is 1.51. The Hall–Kier alpha value is -2.06. The van der Waals surface area contributed by atoms with Gasteiger partial charge >= 0.3 is 0 Å². The lowest BCUT2D eigenvalue weighted by molar-refractivity contribution is 0.0863. The number of H-pyrrole nitrogens is 1. The molecule has 0 amide bonds. The van der Waals surface area contributed by atoms with Gasteiger partial charge in [-0.2, -0.15) is 5.10 Å². The van der Waals surface area contributed by atoms with E-state index in [-0.39, 0.29) is 24.2 Å². The first-order chi connectivity index (χ1) is 10.7. The molecule has 0 aromatic carbocycles. The van der Waals surface area contributed by atoms with Crippen molar-refractivity contribution in [3.05, 3.63) is 35.3 Å². The van der Waals surface area contributed by atoms with Gasteiger partial charge < -0.3 is 15.2 Å². The standard InChI is InChI=1S/C14H18FN5O2/c1-8-18-14(20-19-8)13-9(2-3-22-13)5-16-12-4-10(7-21)11(15)6-17-12/h4,6,9,13,21H,2-3,5,7H2,1H3,(H,16,17)(H,18,19,20)/t9-,13-/m0/s1. The van der Waals surface area contributed by atoms with Crippen LogP contribution >= 0.6 is 0 Å². The van der Waals surface area contributed by atoms with Crippen LogP contribution in [0.2, 0.25) is 0 Å². The van der Waals surface area contributed by atoms with Crippen molar-refractivity contribution in [1.82, 2.24) is 20.2 Å². The van der Waals surface area contributed by atoms with E-state index in [0.29, 0.717) is 24.8 Å². The van der Waals surface area contributed by atoms with E-state index in [0.717, 1.165) is 18.4 Å². The Morgan fingerprint density at radius 2 is 2.41 bits per heavy atom. The molecule has 0 saturated carbocycles. The Kier molecular flexibility index (Phi) is 4.30. The minimum atomic E-state index is -0.508. The van der Waals surface area contributed by atoms with Crippen LogP contribution in [0, 0.1) is 18.7 Å². The normalized spacial score (nSPS) is 21.2. The maximum absolute atomic E-state index is 13.3. The topological polar surface area (TPSA) is 95.9 Å². The number of nitrogens with zero attached hydrogens (tertiary/aromatic N) is 3. The second-order valence-electron chi connectivity index (χ2n) is 5.32. The maximum atomic E-state index is 13.3. The number of hydrogen-bond donors (Lipinski definition) is 3. The van der Waals surface area contributed by atoms with E-state index in [1.165, 1.54) is 6.07 Å². The average molecular weight is 307 g/mol. The van der Waals surface area contributed by atoms with Gasteiger partial charge in [0.1, 0.15) is 23.6 Å². The second kappa shape index (κ2) is 6.37. The summed E-state index contributed by atoms with van der Waals surface area (Å²) in [5.41, 5.74) is 0.223. The SMILES string of the molecule is Cc1nc([C@H]2OCC[C@H]2CNc2cc(CO)c(F)cn2)n[nH]1. The molecule has 1 fully saturated rings. The lowest BCUT2D eigenvalue weighted by Gasteiger charge is -2.17. The number of pyridine rings is 1. The Bertz CT molecular complexity index is 648. The minimum Gasteiger partial charge on any atom is -0.392 e. The highest BCUT2D eigenvalue weighted by Gasteiger charge is 2.32. The van der Waals surface area contributed by atoms with E-state index in [9.17, 15) is 4.39 Å². The monoisotopic (exact) mass is 307 g/mol. The molecule has 0 radical (unpaired) electrons. The first-order valence-corrected chi connectivity index (χ1v) is 7.17. The fourth-order valence-corrected chi connectivity index (χ4v) is 2.55. The molecular weight excluding hydrogens is 289 g/mol. The van der Waals surface area contributed by atoms with Crippen molar-refractivity contribution in [2.45, 2.75) is 26.1 Å². The van der Waals surface area contributed by atoms with Crippen molar-refractivity contribution in [3.8, 4) is 0 Å². The number of aryl methyl sites for hydroxylation is 1. The van der Waals surface area contributed by atoms with E-state index in [4.69, 9.17) is 9.84 Å². The summed E-state index contributed by atoms with van der Waals surface area (Å²) in [5.74, 6) is 1.64. The van der Waals surface area contributed by atoms with Crippen LogP contribution in [0.15, 0.2) is 12.3 Å². The number of anilines is 1. The molecule has 3 rings (SSSR count). The first kappa shape index (κ1) is 14.9. The Balaban J connectivity index is 1.65. The average Bonchev–Trinajstić information content (AvgIpc) is 3.14. The van der Waals surface area contributed by atoms with Gasteiger partial charge in [0.2, 0.25) is 0 Å². The highest BCUT2D eigenvalue weighted by molar-refractivity contribution is 5.38. The Morgan fingerprint density at radius 3 is 3.14 bits per heavy atom. The van der Waals surface area contributed by atoms with E-state index in [1.807, 2.05) is 6.92 Å². The summed E-state index contributed by atoms with van der Waals surface area (Å²) >= 11 is 0. The van der Waals surface area contributed by atoms with Crippen molar-refractivity contribution in [1.29, 1.82) is 0 Å². The van der Waals surface area contributed by atoms with Crippen molar-refractivity contribution in [3.63, 3.8) is 0 Å². The molecule has 1 aliphatic heterocycles. The molecule has 2 aromatic rings. The molecule has 0 unspecified atom stereocenters. The van der Waals surface area contributed by atoms with Crippen molar-refractivity contribution in [2.24, 2.45) is 5.92 Å². The summed E-state index contributed by atoms with van der Waals surface area (Å²) in [5, 5.41) is 19.2. The quantitative estimate of drug-likeness (QED) is 0.771. The molecule has 0 aliphatic carbocycles. The predicted octanol–water partition coefficient (Wildman–Crippen LogP) is 1.33. The van der Waals surface area contributed by atoms with E-state index in [1.54, 1.807) is 0 Å². The summed E-state index contributed by atoms with van der Waals surface area (Å²) in [7, 11) is 0. The fraction of sp³-hybridized carbons (Fsp3) is 0.500. The largest absolute Gasteiger partial charge is 0.392 e. The highest BCUT2D eigenvalue weighted by atomic mass is 19.1. The van der Waals surface area contributed by atoms with Gasteiger partial charge in [-0.1, -0.05) is 0 Å². The van der Waals surface area contributed by atoms with Gasteiger partial charge in [-0.05, 0) is 19.4 Å². The molecular formula is C14H18FN5O2. The number of ether oxygens (including phenoxy) is 1. The predicted molar refractivity (Wildman–Crippen MR) is 76.5 cm³/mol. The summed E-state index contributed by atoms with van der Waals surface area (Å²) in [6.07, 6.45) is 1.84. The van der Waals surface area contributed by atoms with Gasteiger partial charge in [0, 0.05) is 24.6 Å². The Morgan fingerprint density at radius 1 is 1.55 bits per heavy atom. The van der Waals surface area contributed by atoms with Gasteiger partial charge in [-0.25, -0.2) is 14.4 Å². The van der Waals surface area contributed by atoms with E-state index < -0.39 is 5.82 Å². The second-order valence-corrected chi connectivity index (χ2v) is 5.32. The molecule has 3 N–H and O–H groups in total. The van der Waals surface area contributed by atoms with Crippen LogP contribution in [-0.2, 0) is 11.3 Å². The number of hydrogen-bond acceptors (Lipinski definition) is 6. The number of nitrogens with one attached hydrogen (secondary N) is 2. The minimum absolute atomic E-state index is 0.157. The molecule has 3 heterocycles. The van der Waals surface area contributed by atoms with Crippen LogP contribution in [0.1, 0.15) is 29.7 Å². The number of rotatable bonds is 5. The van der Waals surface area contributed by atoms with Gasteiger partial charge in [0.25, 0.3) is 0 Å². The van der Waals surface area contributed by atoms with Crippen molar-refractivity contribution in [2.75, 3.05) is 18.5 Å². The Labute approximate surface area is 126 Å². The van der Waals surface area contributed by atoms with Crippen LogP contribution in [-0.4, -0.2) is 38.4 Å². The molecule has 118 valence electrons. The van der Waals surface area contributed by atoms with Gasteiger partial charge in [0.15, 0.2) is 5.82 Å². The van der Waals surface area contributed by atoms with Crippen LogP contribution in [0.25, 0.3) is 0 Å². The third-order valence-electron chi connectivity index (χ3n) is 3.73. The molecule has 22 heavy (non-hydrogen) atoms. The smallest absolute Gasteiger partial charge is 0.179 e. The molecule has 8 heteroatoms. The first-order valence-electron chi connectivity index (χ1n) is 7.17. The van der Waals surface area contributed by atoms with Gasteiger partial charge in [-0.15, -0.1) is 0 Å². The number of aliphatic hydroxyl groups is 1. The molecule has 2 atom stereocenters. The van der Waals surface area contributed by atoms with Gasteiger partial charge in [-0.3, -0.25) is 5.10 Å². The lowest BCUT2D eigenvalue weighted by atomic mass is 10.0. The lowest BCUT2D eigenvalue weighted by Crippen LogP contribution is -2.19. The van der Waals surface area contributed by atoms with Crippen molar-refractivity contribution < 1.29 is 14.2 Å². The third kappa shape index (κ3) is 3.07.